The van der Waals surface area contributed by atoms with Gasteiger partial charge in [0.25, 0.3) is 0 Å². The molecule has 2 saturated heterocycles. The molecule has 5 N–H and O–H groups in total. The number of aromatic carboxylic acids is 1. The number of aromatic nitrogens is 5. The number of benzene rings is 3. The maximum absolute atomic E-state index is 15.3. The average Bonchev–Trinajstić information content (AvgIpc) is 1.64. The molecule has 10 rings (SSSR count). The summed E-state index contributed by atoms with van der Waals surface area (Å²) in [7, 11) is 0. The monoisotopic (exact) mass is 1250 g/mol. The molecule has 0 spiro atoms. The minimum absolute atomic E-state index is 0.0140. The number of amides is 4. The van der Waals surface area contributed by atoms with Gasteiger partial charge in [-0.3, -0.25) is 24.1 Å². The highest BCUT2D eigenvalue weighted by Crippen LogP contribution is 2.40. The van der Waals surface area contributed by atoms with Crippen molar-refractivity contribution >= 4 is 95.7 Å². The van der Waals surface area contributed by atoms with E-state index < -0.39 is 41.3 Å². The molecule has 20 nitrogen and oxygen atoms in total. The molecule has 3 aliphatic heterocycles. The van der Waals surface area contributed by atoms with Crippen molar-refractivity contribution in [1.82, 2.24) is 50.5 Å². The zero-order valence-electron chi connectivity index (χ0n) is 50.1. The second-order valence-corrected chi connectivity index (χ2v) is 26.4. The Morgan fingerprint density at radius 1 is 0.909 bits per heavy atom. The molecule has 7 heterocycles. The summed E-state index contributed by atoms with van der Waals surface area (Å²) >= 11 is 4.41. The first-order chi connectivity index (χ1) is 42.4. The number of carboxylic acids is 1. The van der Waals surface area contributed by atoms with E-state index in [4.69, 9.17) is 4.74 Å². The fourth-order valence-electron chi connectivity index (χ4n) is 11.1. The molecule has 0 radical (unpaired) electrons. The summed E-state index contributed by atoms with van der Waals surface area (Å²) < 4.78 is 22.1. The van der Waals surface area contributed by atoms with Crippen LogP contribution >= 0.6 is 34.0 Å². The second-order valence-electron chi connectivity index (χ2n) is 23.5. The topological polar surface area (TPSA) is 249 Å². The molecule has 3 atom stereocenters. The molecule has 0 saturated carbocycles. The fraction of sp³-hybridized carbons (Fsp3) is 0.438. The van der Waals surface area contributed by atoms with Crippen LogP contribution in [0.1, 0.15) is 115 Å². The van der Waals surface area contributed by atoms with E-state index >= 15 is 4.39 Å². The van der Waals surface area contributed by atoms with Crippen LogP contribution in [0, 0.1) is 36.9 Å². The molecule has 4 amide bonds. The number of carbonyl (C=O) groups is 5. The van der Waals surface area contributed by atoms with Gasteiger partial charge in [-0.2, -0.15) is 0 Å². The van der Waals surface area contributed by atoms with E-state index in [2.05, 4.69) is 57.8 Å². The number of piperazine rings is 1. The fourth-order valence-corrected chi connectivity index (χ4v) is 13.9. The Balaban J connectivity index is 0.612. The first-order valence-corrected chi connectivity index (χ1v) is 32.3. The molecule has 0 bridgehead atoms. The molecule has 4 aromatic heterocycles. The largest absolute Gasteiger partial charge is 0.491 e. The van der Waals surface area contributed by atoms with E-state index in [1.165, 1.54) is 22.3 Å². The second kappa shape index (κ2) is 28.5. The number of aliphatic hydroxyl groups excluding tert-OH is 1. The SMILES string of the molecule is Cc1ncsc1-c1ccc(CNC(=O)[C@H]2C[C@@H](O)CN2C(=O)[C@H](NC(=O)CCCCCC(=O)N2CCN(CC#Cc3ccc(OCCCc4sc(N5CCCc6c5nnc(Nc5nc7ccccc7s5)c6C)nc4C(=O)O)c(F)c3)CC2)C(C)(C)C)cc1. The number of carbonyl (C=O) groups excluding carboxylic acids is 4. The Kier molecular flexibility index (Phi) is 20.4. The van der Waals surface area contributed by atoms with Crippen LogP contribution in [0.4, 0.5) is 26.3 Å². The van der Waals surface area contributed by atoms with Crippen molar-refractivity contribution in [2.24, 2.45) is 5.41 Å². The van der Waals surface area contributed by atoms with Crippen LogP contribution in [0.3, 0.4) is 0 Å². The molecule has 462 valence electrons. The first kappa shape index (κ1) is 63.1. The summed E-state index contributed by atoms with van der Waals surface area (Å²) in [5.41, 5.74) is 7.35. The van der Waals surface area contributed by atoms with Crippen molar-refractivity contribution < 1.29 is 43.3 Å². The normalized spacial score (nSPS) is 16.4. The Morgan fingerprint density at radius 2 is 1.69 bits per heavy atom. The lowest BCUT2D eigenvalue weighted by Gasteiger charge is -2.35. The standard InChI is InChI=1S/C64H73FN12O8S3/c1-39-45-15-12-28-76(58(45)73-72-57(39)71-62-68-47-16-9-10-17-50(47)87-62)63-70-54(61(83)84)51(88-63)18-13-33-85-49-26-23-41(34-46(49)65)14-11-27-74-29-31-75(32-30-74)53(80)20-8-6-7-19-52(79)69-56(64(3,4)5)60(82)77-37-44(78)35-48(77)59(81)66-36-42-21-24-43(25-22-42)55-40(2)67-38-86-55/h9-10,16-17,21-26,34,38,44,48,56,78H,6-8,12-13,15,18-20,27-33,35-37H2,1-5H3,(H,66,81)(H,69,79)(H,83,84)(H,68,71,72)/t44-,48-,56+/m1/s1. The predicted molar refractivity (Wildman–Crippen MR) is 339 cm³/mol. The van der Waals surface area contributed by atoms with Gasteiger partial charge in [0, 0.05) is 86.6 Å². The van der Waals surface area contributed by atoms with Crippen LogP contribution in [0.15, 0.2) is 72.2 Å². The van der Waals surface area contributed by atoms with Crippen molar-refractivity contribution in [3.63, 3.8) is 0 Å². The van der Waals surface area contributed by atoms with Crippen LogP contribution in [0.5, 0.6) is 5.75 Å². The number of thiazole rings is 3. The number of nitrogens with one attached hydrogen (secondary N) is 3. The van der Waals surface area contributed by atoms with Gasteiger partial charge in [-0.1, -0.05) is 86.8 Å². The van der Waals surface area contributed by atoms with Crippen LogP contribution in [-0.4, -0.2) is 150 Å². The summed E-state index contributed by atoms with van der Waals surface area (Å²) in [4.78, 5) is 89.0. The number of β-amino-alcohol motifs (C(OH)–C–C–N with tert-alkyl or cyclic N) is 1. The number of ether oxygens (including phenoxy) is 1. The molecule has 0 aliphatic carbocycles. The highest BCUT2D eigenvalue weighted by atomic mass is 32.1. The number of aryl methyl sites for hydroxylation is 2. The minimum atomic E-state index is -1.13. The maximum Gasteiger partial charge on any atom is 0.355 e. The highest BCUT2D eigenvalue weighted by molar-refractivity contribution is 7.22. The quantitative estimate of drug-likeness (QED) is 0.0313. The maximum atomic E-state index is 15.3. The molecule has 3 aromatic carbocycles. The molecule has 7 aromatic rings. The number of aliphatic hydroxyl groups is 1. The number of para-hydroxylation sites is 1. The van der Waals surface area contributed by atoms with E-state index in [0.717, 1.165) is 61.0 Å². The van der Waals surface area contributed by atoms with Gasteiger partial charge in [0.15, 0.2) is 39.2 Å². The molecule has 0 unspecified atom stereocenters. The molecule has 88 heavy (non-hydrogen) atoms. The van der Waals surface area contributed by atoms with Crippen molar-refractivity contribution in [1.29, 1.82) is 0 Å². The Hall–Kier alpha value is -7.95. The van der Waals surface area contributed by atoms with Gasteiger partial charge in [0.1, 0.15) is 12.1 Å². The zero-order valence-corrected chi connectivity index (χ0v) is 52.5. The molecule has 2 fully saturated rings. The van der Waals surface area contributed by atoms with Crippen molar-refractivity contribution in [2.45, 2.75) is 124 Å². The molecule has 24 heteroatoms. The van der Waals surface area contributed by atoms with E-state index in [1.807, 2.05) is 98.5 Å². The summed E-state index contributed by atoms with van der Waals surface area (Å²) in [5.74, 6) is 4.81. The van der Waals surface area contributed by atoms with Crippen LogP contribution in [0.25, 0.3) is 20.7 Å². The van der Waals surface area contributed by atoms with E-state index in [9.17, 15) is 34.2 Å². The number of carboxylic acid groups (broad SMARTS) is 1. The lowest BCUT2D eigenvalue weighted by molar-refractivity contribution is -0.144. The number of hydrogen-bond acceptors (Lipinski definition) is 18. The van der Waals surface area contributed by atoms with E-state index in [-0.39, 0.29) is 61.7 Å². The van der Waals surface area contributed by atoms with Crippen molar-refractivity contribution in [2.75, 3.05) is 62.6 Å². The Morgan fingerprint density at radius 3 is 2.43 bits per heavy atom. The Bertz CT molecular complexity index is 3700. The Labute approximate surface area is 523 Å². The predicted octanol–water partition coefficient (Wildman–Crippen LogP) is 9.22. The van der Waals surface area contributed by atoms with Crippen LogP contribution in [-0.2, 0) is 38.6 Å². The summed E-state index contributed by atoms with van der Waals surface area (Å²) in [6.45, 7) is 13.4. The summed E-state index contributed by atoms with van der Waals surface area (Å²) in [6, 6.07) is 18.6. The third-order valence-electron chi connectivity index (χ3n) is 16.0. The van der Waals surface area contributed by atoms with Crippen LogP contribution < -0.4 is 25.6 Å². The van der Waals surface area contributed by atoms with Gasteiger partial charge in [0.05, 0.1) is 45.6 Å². The zero-order chi connectivity index (χ0) is 62.1. The molecular weight excluding hydrogens is 1180 g/mol. The van der Waals surface area contributed by atoms with E-state index in [0.29, 0.717) is 105 Å². The number of anilines is 4. The average molecular weight is 1250 g/mol. The number of hydrogen-bond donors (Lipinski definition) is 5. The first-order valence-electron chi connectivity index (χ1n) is 29.8. The third-order valence-corrected chi connectivity index (χ3v) is 19.1. The third kappa shape index (κ3) is 15.5. The van der Waals surface area contributed by atoms with Gasteiger partial charge in [-0.05, 0) is 99.2 Å². The van der Waals surface area contributed by atoms with Crippen molar-refractivity contribution in [3.8, 4) is 28.0 Å². The molecular formula is C64H73FN12O8S3. The van der Waals surface area contributed by atoms with Gasteiger partial charge in [-0.15, -0.1) is 32.9 Å². The molecule has 3 aliphatic rings. The number of halogens is 1. The summed E-state index contributed by atoms with van der Waals surface area (Å²) in [6.07, 6.45) is 3.93. The van der Waals surface area contributed by atoms with Gasteiger partial charge in [0.2, 0.25) is 23.6 Å². The number of unbranched alkanes of at least 4 members (excludes halogenated alkanes) is 2. The lowest BCUT2D eigenvalue weighted by Crippen LogP contribution is -2.57. The summed E-state index contributed by atoms with van der Waals surface area (Å²) in [5, 5.41) is 40.3. The lowest BCUT2D eigenvalue weighted by atomic mass is 9.85. The van der Waals surface area contributed by atoms with Gasteiger partial charge in [-0.25, -0.2) is 24.1 Å². The highest BCUT2D eigenvalue weighted by Gasteiger charge is 2.44. The van der Waals surface area contributed by atoms with Crippen LogP contribution in [0.2, 0.25) is 0 Å². The van der Waals surface area contributed by atoms with Gasteiger partial charge >= 0.3 is 5.97 Å². The number of likely N-dealkylation sites (tertiary alicyclic amines) is 1. The number of rotatable bonds is 22. The van der Waals surface area contributed by atoms with Crippen molar-refractivity contribution in [3.05, 3.63) is 117 Å². The number of fused-ring (bicyclic) bond motifs is 2. The smallest absolute Gasteiger partial charge is 0.355 e. The van der Waals surface area contributed by atoms with Gasteiger partial charge < -0.3 is 45.6 Å². The number of nitrogens with zero attached hydrogens (tertiary/aromatic N) is 9. The van der Waals surface area contributed by atoms with E-state index in [1.54, 1.807) is 34.8 Å². The minimum Gasteiger partial charge on any atom is -0.491 e.